The molecular formula is C13H22N2O3S2. The SMILES string of the molecule is CC(c1cccs1)N(C)S(=O)(=O)N1CCCCC1CO. The van der Waals surface area contributed by atoms with Crippen molar-refractivity contribution >= 4 is 21.5 Å². The predicted octanol–water partition coefficient (Wildman–Crippen LogP) is 1.83. The Morgan fingerprint density at radius 1 is 1.55 bits per heavy atom. The van der Waals surface area contributed by atoms with Crippen molar-refractivity contribution in [2.75, 3.05) is 20.2 Å². The number of hydrogen-bond donors (Lipinski definition) is 1. The summed E-state index contributed by atoms with van der Waals surface area (Å²) in [4.78, 5) is 1.02. The molecular weight excluding hydrogens is 296 g/mol. The van der Waals surface area contributed by atoms with Crippen molar-refractivity contribution in [3.05, 3.63) is 22.4 Å². The summed E-state index contributed by atoms with van der Waals surface area (Å²) in [6.45, 7) is 2.27. The second kappa shape index (κ2) is 6.53. The normalized spacial score (nSPS) is 23.1. The molecule has 0 saturated carbocycles. The second-order valence-electron chi connectivity index (χ2n) is 5.16. The third kappa shape index (κ3) is 3.07. The molecule has 1 aromatic heterocycles. The molecule has 0 bridgehead atoms. The maximum absolute atomic E-state index is 12.7. The highest BCUT2D eigenvalue weighted by atomic mass is 32.2. The van der Waals surface area contributed by atoms with E-state index in [0.29, 0.717) is 6.54 Å². The number of thiophene rings is 1. The van der Waals surface area contributed by atoms with Crippen LogP contribution in [-0.4, -0.2) is 48.4 Å². The molecule has 1 saturated heterocycles. The van der Waals surface area contributed by atoms with Crippen molar-refractivity contribution in [3.8, 4) is 0 Å². The number of aliphatic hydroxyl groups excluding tert-OH is 1. The van der Waals surface area contributed by atoms with Gasteiger partial charge in [0.25, 0.3) is 10.2 Å². The van der Waals surface area contributed by atoms with Crippen LogP contribution in [0.15, 0.2) is 17.5 Å². The Hall–Kier alpha value is -0.470. The van der Waals surface area contributed by atoms with Crippen molar-refractivity contribution in [2.24, 2.45) is 0 Å². The molecule has 2 atom stereocenters. The Labute approximate surface area is 125 Å². The highest BCUT2D eigenvalue weighted by Gasteiger charge is 2.36. The molecule has 5 nitrogen and oxygen atoms in total. The topological polar surface area (TPSA) is 60.9 Å². The minimum Gasteiger partial charge on any atom is -0.395 e. The zero-order chi connectivity index (χ0) is 14.8. The van der Waals surface area contributed by atoms with Gasteiger partial charge in [0.05, 0.1) is 12.6 Å². The van der Waals surface area contributed by atoms with E-state index in [-0.39, 0.29) is 18.7 Å². The second-order valence-corrected chi connectivity index (χ2v) is 8.08. The van der Waals surface area contributed by atoms with Crippen LogP contribution in [0.5, 0.6) is 0 Å². The summed E-state index contributed by atoms with van der Waals surface area (Å²) >= 11 is 1.55. The van der Waals surface area contributed by atoms with Crippen molar-refractivity contribution in [3.63, 3.8) is 0 Å². The van der Waals surface area contributed by atoms with Crippen LogP contribution in [0, 0.1) is 0 Å². The number of piperidine rings is 1. The van der Waals surface area contributed by atoms with Crippen LogP contribution in [0.3, 0.4) is 0 Å². The van der Waals surface area contributed by atoms with Crippen molar-refractivity contribution in [1.82, 2.24) is 8.61 Å². The molecule has 1 N–H and O–H groups in total. The van der Waals surface area contributed by atoms with E-state index in [0.717, 1.165) is 24.1 Å². The molecule has 1 fully saturated rings. The molecule has 0 spiro atoms. The highest BCUT2D eigenvalue weighted by molar-refractivity contribution is 7.86. The highest BCUT2D eigenvalue weighted by Crippen LogP contribution is 2.29. The van der Waals surface area contributed by atoms with E-state index >= 15 is 0 Å². The standard InChI is InChI=1S/C13H22N2O3S2/c1-11(13-7-5-9-19-13)14(2)20(17,18)15-8-4-3-6-12(15)10-16/h5,7,9,11-12,16H,3-4,6,8,10H2,1-2H3. The van der Waals surface area contributed by atoms with E-state index in [2.05, 4.69) is 0 Å². The van der Waals surface area contributed by atoms with Gasteiger partial charge in [0, 0.05) is 24.5 Å². The molecule has 1 aromatic rings. The molecule has 2 unspecified atom stereocenters. The third-order valence-corrected chi connectivity index (χ3v) is 7.10. The summed E-state index contributed by atoms with van der Waals surface area (Å²) in [6.07, 6.45) is 2.56. The fourth-order valence-corrected chi connectivity index (χ4v) is 5.18. The van der Waals surface area contributed by atoms with Gasteiger partial charge in [-0.15, -0.1) is 11.3 Å². The number of nitrogens with zero attached hydrogens (tertiary/aromatic N) is 2. The van der Waals surface area contributed by atoms with Gasteiger partial charge in [-0.3, -0.25) is 0 Å². The van der Waals surface area contributed by atoms with Crippen LogP contribution in [0.25, 0.3) is 0 Å². The van der Waals surface area contributed by atoms with E-state index in [4.69, 9.17) is 0 Å². The molecule has 2 rings (SSSR count). The summed E-state index contributed by atoms with van der Waals surface area (Å²) in [5.41, 5.74) is 0. The third-order valence-electron chi connectivity index (χ3n) is 3.94. The van der Waals surface area contributed by atoms with Gasteiger partial charge >= 0.3 is 0 Å². The minimum absolute atomic E-state index is 0.111. The van der Waals surface area contributed by atoms with Crippen LogP contribution in [0.2, 0.25) is 0 Å². The predicted molar refractivity (Wildman–Crippen MR) is 80.8 cm³/mol. The van der Waals surface area contributed by atoms with Gasteiger partial charge in [-0.25, -0.2) is 0 Å². The first-order chi connectivity index (χ1) is 9.48. The van der Waals surface area contributed by atoms with Gasteiger partial charge in [-0.2, -0.15) is 17.0 Å². The largest absolute Gasteiger partial charge is 0.395 e. The smallest absolute Gasteiger partial charge is 0.282 e. The number of rotatable bonds is 5. The summed E-state index contributed by atoms with van der Waals surface area (Å²) in [5, 5.41) is 11.4. The lowest BCUT2D eigenvalue weighted by Gasteiger charge is -2.37. The lowest BCUT2D eigenvalue weighted by atomic mass is 10.1. The molecule has 7 heteroatoms. The molecule has 0 radical (unpaired) electrons. The van der Waals surface area contributed by atoms with Crippen LogP contribution in [0.4, 0.5) is 0 Å². The van der Waals surface area contributed by atoms with Crippen molar-refractivity contribution < 1.29 is 13.5 Å². The lowest BCUT2D eigenvalue weighted by molar-refractivity contribution is 0.147. The molecule has 1 aliphatic rings. The summed E-state index contributed by atoms with van der Waals surface area (Å²) in [7, 11) is -1.92. The fraction of sp³-hybridized carbons (Fsp3) is 0.692. The van der Waals surface area contributed by atoms with Gasteiger partial charge < -0.3 is 5.11 Å². The average molecular weight is 318 g/mol. The average Bonchev–Trinajstić information content (AvgIpc) is 2.99. The minimum atomic E-state index is -3.54. The van der Waals surface area contributed by atoms with Gasteiger partial charge in [-0.1, -0.05) is 12.5 Å². The first kappa shape index (κ1) is 15.9. The van der Waals surface area contributed by atoms with E-state index in [9.17, 15) is 13.5 Å². The zero-order valence-corrected chi connectivity index (χ0v) is 13.5. The quantitative estimate of drug-likeness (QED) is 0.901. The van der Waals surface area contributed by atoms with E-state index in [1.54, 1.807) is 18.4 Å². The van der Waals surface area contributed by atoms with Crippen LogP contribution < -0.4 is 0 Å². The van der Waals surface area contributed by atoms with Gasteiger partial charge in [0.15, 0.2) is 0 Å². The van der Waals surface area contributed by atoms with E-state index in [1.165, 1.54) is 8.61 Å². The summed E-state index contributed by atoms with van der Waals surface area (Å²) < 4.78 is 28.3. The Morgan fingerprint density at radius 2 is 2.30 bits per heavy atom. The van der Waals surface area contributed by atoms with E-state index in [1.807, 2.05) is 24.4 Å². The molecule has 0 amide bonds. The van der Waals surface area contributed by atoms with Gasteiger partial charge in [-0.05, 0) is 31.2 Å². The Morgan fingerprint density at radius 3 is 2.90 bits per heavy atom. The molecule has 2 heterocycles. The number of aliphatic hydroxyl groups is 1. The van der Waals surface area contributed by atoms with Crippen molar-refractivity contribution in [1.29, 1.82) is 0 Å². The molecule has 1 aliphatic heterocycles. The van der Waals surface area contributed by atoms with Gasteiger partial charge in [0.1, 0.15) is 0 Å². The first-order valence-corrected chi connectivity index (χ1v) is 9.15. The van der Waals surface area contributed by atoms with Crippen LogP contribution in [0.1, 0.15) is 37.1 Å². The first-order valence-electron chi connectivity index (χ1n) is 6.87. The maximum atomic E-state index is 12.7. The summed E-state index contributed by atoms with van der Waals surface area (Å²) in [5.74, 6) is 0. The lowest BCUT2D eigenvalue weighted by Crippen LogP contribution is -2.51. The Balaban J connectivity index is 2.20. The summed E-state index contributed by atoms with van der Waals surface area (Å²) in [6, 6.07) is 3.39. The fourth-order valence-electron chi connectivity index (χ4n) is 2.53. The van der Waals surface area contributed by atoms with Crippen molar-refractivity contribution in [2.45, 2.75) is 38.3 Å². The van der Waals surface area contributed by atoms with E-state index < -0.39 is 10.2 Å². The maximum Gasteiger partial charge on any atom is 0.282 e. The monoisotopic (exact) mass is 318 g/mol. The molecule has 0 aromatic carbocycles. The van der Waals surface area contributed by atoms with Crippen LogP contribution in [-0.2, 0) is 10.2 Å². The molecule has 0 aliphatic carbocycles. The van der Waals surface area contributed by atoms with Gasteiger partial charge in [0.2, 0.25) is 0 Å². The molecule has 20 heavy (non-hydrogen) atoms. The molecule has 114 valence electrons. The Bertz CT molecular complexity index is 516. The zero-order valence-electron chi connectivity index (χ0n) is 11.9. The van der Waals surface area contributed by atoms with Crippen LogP contribution >= 0.6 is 11.3 Å². The Kier molecular flexibility index (Phi) is 5.19. The number of hydrogen-bond acceptors (Lipinski definition) is 4.